The van der Waals surface area contributed by atoms with Gasteiger partial charge in [-0.1, -0.05) is 61.5 Å². The number of carbonyl (C=O) groups excluding carboxylic acids is 2. The number of nitrogens with one attached hydrogen (secondary N) is 1. The van der Waals surface area contributed by atoms with Crippen LogP contribution in [0, 0.1) is 5.82 Å². The van der Waals surface area contributed by atoms with Crippen molar-refractivity contribution in [3.05, 3.63) is 107 Å². The summed E-state index contributed by atoms with van der Waals surface area (Å²) in [7, 11) is 0. The molecule has 0 radical (unpaired) electrons. The number of hydrogen-bond donors (Lipinski definition) is 3. The molecule has 2 amide bonds. The van der Waals surface area contributed by atoms with Crippen molar-refractivity contribution in [1.82, 2.24) is 10.2 Å². The Hall–Kier alpha value is -4.73. The van der Waals surface area contributed by atoms with Crippen LogP contribution in [0.25, 0.3) is 22.3 Å². The predicted molar refractivity (Wildman–Crippen MR) is 181 cm³/mol. The third-order valence-corrected chi connectivity index (χ3v) is 8.43. The minimum atomic E-state index is -0.407. The van der Waals surface area contributed by atoms with Crippen molar-refractivity contribution < 1.29 is 18.7 Å². The minimum absolute atomic E-state index is 0.0800. The van der Waals surface area contributed by atoms with E-state index in [9.17, 15) is 14.0 Å². The van der Waals surface area contributed by atoms with E-state index in [1.165, 1.54) is 12.1 Å². The fraction of sp³-hybridized carbons (Fsp3) is 0.297. The lowest BCUT2D eigenvalue weighted by atomic mass is 9.96. The van der Waals surface area contributed by atoms with E-state index in [0.717, 1.165) is 34.4 Å². The van der Waals surface area contributed by atoms with Gasteiger partial charge in [-0.05, 0) is 65.9 Å². The van der Waals surface area contributed by atoms with E-state index in [0.29, 0.717) is 68.3 Å². The van der Waals surface area contributed by atoms with Gasteiger partial charge in [0.15, 0.2) is 0 Å². The summed E-state index contributed by atoms with van der Waals surface area (Å²) in [5.41, 5.74) is 17.2. The summed E-state index contributed by atoms with van der Waals surface area (Å²) in [4.78, 5) is 31.8. The molecule has 1 aliphatic rings. The highest BCUT2D eigenvalue weighted by Gasteiger charge is 2.34. The lowest BCUT2D eigenvalue weighted by Crippen LogP contribution is -2.55. The first-order valence-electron chi connectivity index (χ1n) is 15.9. The number of amides is 2. The Bertz CT molecular complexity index is 1660. The van der Waals surface area contributed by atoms with Gasteiger partial charge in [0, 0.05) is 56.4 Å². The number of nitrogens with two attached hydrogens (primary N) is 2. The molecule has 46 heavy (non-hydrogen) atoms. The van der Waals surface area contributed by atoms with Gasteiger partial charge in [-0.15, -0.1) is 0 Å². The van der Waals surface area contributed by atoms with Crippen LogP contribution in [0.2, 0.25) is 0 Å². The van der Waals surface area contributed by atoms with E-state index in [2.05, 4.69) is 17.1 Å². The maximum Gasteiger partial charge on any atom is 0.257 e. The standard InChI is InChI=1S/C37H42FN5O3/c1-3-29-24-42(37(45)31-15-14-28(38)22-32(31)27-12-10-25(23-40)11-13-27)20-21-43(29)33-17-16-30(26-8-6-5-7-9-26)35(46-4-2)34(33)36(44)41-19-18-39/h5-17,22,29H,3-4,18-21,23-24,39-40H2,1-2H3,(H,41,44)/t29-/m1/s1. The van der Waals surface area contributed by atoms with Gasteiger partial charge in [-0.3, -0.25) is 9.59 Å². The molecule has 240 valence electrons. The number of ether oxygens (including phenoxy) is 1. The van der Waals surface area contributed by atoms with Crippen LogP contribution in [0.1, 0.15) is 46.5 Å². The Morgan fingerprint density at radius 1 is 0.913 bits per heavy atom. The zero-order valence-corrected chi connectivity index (χ0v) is 26.5. The van der Waals surface area contributed by atoms with Crippen molar-refractivity contribution in [3.8, 4) is 28.0 Å². The van der Waals surface area contributed by atoms with Crippen LogP contribution in [-0.2, 0) is 6.54 Å². The summed E-state index contributed by atoms with van der Waals surface area (Å²) < 4.78 is 20.6. The molecule has 0 bridgehead atoms. The average molecular weight is 624 g/mol. The van der Waals surface area contributed by atoms with Gasteiger partial charge in [0.05, 0.1) is 12.3 Å². The van der Waals surface area contributed by atoms with E-state index in [4.69, 9.17) is 16.2 Å². The number of hydrogen-bond acceptors (Lipinski definition) is 6. The van der Waals surface area contributed by atoms with Crippen LogP contribution in [0.5, 0.6) is 5.75 Å². The highest BCUT2D eigenvalue weighted by Crippen LogP contribution is 2.40. The minimum Gasteiger partial charge on any atom is -0.492 e. The molecule has 1 atom stereocenters. The molecule has 1 aliphatic heterocycles. The van der Waals surface area contributed by atoms with Crippen LogP contribution in [0.3, 0.4) is 0 Å². The van der Waals surface area contributed by atoms with Gasteiger partial charge in [-0.2, -0.15) is 0 Å². The van der Waals surface area contributed by atoms with Gasteiger partial charge in [0.25, 0.3) is 11.8 Å². The average Bonchev–Trinajstić information content (AvgIpc) is 3.10. The van der Waals surface area contributed by atoms with Crippen LogP contribution in [0.15, 0.2) is 84.9 Å². The number of rotatable bonds is 11. The first-order chi connectivity index (χ1) is 22.4. The Morgan fingerprint density at radius 2 is 1.65 bits per heavy atom. The number of benzene rings is 4. The zero-order valence-electron chi connectivity index (χ0n) is 26.5. The molecular formula is C37H42FN5O3. The normalized spacial score (nSPS) is 14.7. The molecule has 0 unspecified atom stereocenters. The fourth-order valence-electron chi connectivity index (χ4n) is 6.08. The van der Waals surface area contributed by atoms with Gasteiger partial charge in [-0.25, -0.2) is 4.39 Å². The molecule has 1 fully saturated rings. The lowest BCUT2D eigenvalue weighted by molar-refractivity contribution is 0.0720. The molecule has 0 spiro atoms. The highest BCUT2D eigenvalue weighted by molar-refractivity contribution is 6.05. The topological polar surface area (TPSA) is 114 Å². The molecule has 4 aromatic carbocycles. The van der Waals surface area contributed by atoms with Crippen molar-refractivity contribution in [2.45, 2.75) is 32.9 Å². The Labute approximate surface area is 270 Å². The number of anilines is 1. The molecule has 5 rings (SSSR count). The molecule has 1 saturated heterocycles. The third kappa shape index (κ3) is 6.90. The van der Waals surface area contributed by atoms with Gasteiger partial charge in [0.1, 0.15) is 17.1 Å². The summed E-state index contributed by atoms with van der Waals surface area (Å²) >= 11 is 0. The number of piperazine rings is 1. The molecule has 0 saturated carbocycles. The quantitative estimate of drug-likeness (QED) is 0.205. The Balaban J connectivity index is 1.49. The first kappa shape index (κ1) is 32.7. The van der Waals surface area contributed by atoms with E-state index in [1.54, 1.807) is 6.07 Å². The van der Waals surface area contributed by atoms with E-state index < -0.39 is 5.82 Å². The van der Waals surface area contributed by atoms with Crippen molar-refractivity contribution in [2.75, 3.05) is 44.2 Å². The molecule has 4 aromatic rings. The Kier molecular flexibility index (Phi) is 10.7. The monoisotopic (exact) mass is 623 g/mol. The number of halogens is 1. The second-order valence-corrected chi connectivity index (χ2v) is 11.3. The first-order valence-corrected chi connectivity index (χ1v) is 15.9. The van der Waals surface area contributed by atoms with Crippen molar-refractivity contribution >= 4 is 17.5 Å². The summed E-state index contributed by atoms with van der Waals surface area (Å²) in [5, 5.41) is 2.95. The molecule has 5 N–H and O–H groups in total. The molecular weight excluding hydrogens is 581 g/mol. The highest BCUT2D eigenvalue weighted by atomic mass is 19.1. The summed E-state index contributed by atoms with van der Waals surface area (Å²) in [5.74, 6) is -0.307. The molecule has 9 heteroatoms. The summed E-state index contributed by atoms with van der Waals surface area (Å²) in [6.45, 7) is 6.75. The van der Waals surface area contributed by atoms with E-state index in [1.807, 2.05) is 78.6 Å². The molecule has 0 aliphatic carbocycles. The summed E-state index contributed by atoms with van der Waals surface area (Å²) in [6.07, 6.45) is 0.731. The lowest BCUT2D eigenvalue weighted by Gasteiger charge is -2.43. The largest absolute Gasteiger partial charge is 0.492 e. The van der Waals surface area contributed by atoms with E-state index >= 15 is 0 Å². The fourth-order valence-corrected chi connectivity index (χ4v) is 6.08. The second kappa shape index (κ2) is 15.0. The SMILES string of the molecule is CCOc1c(-c2ccccc2)ccc(N2CCN(C(=O)c3ccc(F)cc3-c3ccc(CN)cc3)C[C@H]2CC)c1C(=O)NCCN. The van der Waals surface area contributed by atoms with Crippen LogP contribution < -0.4 is 26.4 Å². The molecule has 8 nitrogen and oxygen atoms in total. The van der Waals surface area contributed by atoms with Gasteiger partial charge < -0.3 is 31.3 Å². The maximum absolute atomic E-state index is 14.4. The van der Waals surface area contributed by atoms with Crippen molar-refractivity contribution in [1.29, 1.82) is 0 Å². The van der Waals surface area contributed by atoms with Crippen molar-refractivity contribution in [2.24, 2.45) is 11.5 Å². The Morgan fingerprint density at radius 3 is 2.33 bits per heavy atom. The smallest absolute Gasteiger partial charge is 0.257 e. The van der Waals surface area contributed by atoms with Crippen LogP contribution >= 0.6 is 0 Å². The second-order valence-electron chi connectivity index (χ2n) is 11.3. The predicted octanol–water partition coefficient (Wildman–Crippen LogP) is 5.45. The van der Waals surface area contributed by atoms with Gasteiger partial charge >= 0.3 is 0 Å². The van der Waals surface area contributed by atoms with Crippen molar-refractivity contribution in [3.63, 3.8) is 0 Å². The van der Waals surface area contributed by atoms with Crippen LogP contribution in [-0.4, -0.2) is 62.1 Å². The van der Waals surface area contributed by atoms with E-state index in [-0.39, 0.29) is 17.9 Å². The third-order valence-electron chi connectivity index (χ3n) is 8.43. The molecule has 1 heterocycles. The molecule has 0 aromatic heterocycles. The zero-order chi connectivity index (χ0) is 32.6. The summed E-state index contributed by atoms with van der Waals surface area (Å²) in [6, 6.07) is 25.6. The maximum atomic E-state index is 14.4. The van der Waals surface area contributed by atoms with Crippen LogP contribution in [0.4, 0.5) is 10.1 Å². The van der Waals surface area contributed by atoms with Gasteiger partial charge in [0.2, 0.25) is 0 Å². The number of nitrogens with zero attached hydrogens (tertiary/aromatic N) is 2. The number of carbonyl (C=O) groups is 2.